The molecule has 0 aliphatic heterocycles. The molecule has 0 spiro atoms. The molecule has 0 saturated heterocycles. The van der Waals surface area contributed by atoms with Gasteiger partial charge in [0.2, 0.25) is 0 Å². The van der Waals surface area contributed by atoms with Crippen LogP contribution in [0.15, 0.2) is 24.6 Å². The quantitative estimate of drug-likeness (QED) is 0.346. The van der Waals surface area contributed by atoms with Crippen molar-refractivity contribution in [2.75, 3.05) is 13.2 Å². The van der Waals surface area contributed by atoms with E-state index in [-0.39, 0.29) is 0 Å². The Balaban J connectivity index is 3.09. The molecular formula is C17H33NO. The standard InChI is InChI=1S/C17H33NO/c1-3-5-6-7-8-11-14-18-15-12-9-10-13-17-19-16-4-2/h11,13-14,17-18H,3-10,12,15-16H2,1-2H3/b14-11-,17-13-. The van der Waals surface area contributed by atoms with Crippen LogP contribution in [0.2, 0.25) is 0 Å². The first-order valence-corrected chi connectivity index (χ1v) is 8.06. The molecule has 0 unspecified atom stereocenters. The topological polar surface area (TPSA) is 21.3 Å². The Morgan fingerprint density at radius 2 is 1.63 bits per heavy atom. The summed E-state index contributed by atoms with van der Waals surface area (Å²) in [6, 6.07) is 0. The van der Waals surface area contributed by atoms with Gasteiger partial charge in [0.15, 0.2) is 0 Å². The number of ether oxygens (including phenoxy) is 1. The molecule has 0 aliphatic carbocycles. The zero-order valence-electron chi connectivity index (χ0n) is 13.0. The number of allylic oxidation sites excluding steroid dienone is 2. The van der Waals surface area contributed by atoms with Gasteiger partial charge in [0.1, 0.15) is 0 Å². The molecule has 0 atom stereocenters. The third kappa shape index (κ3) is 17.1. The number of nitrogens with one attached hydrogen (secondary N) is 1. The molecule has 0 aromatic carbocycles. The molecular weight excluding hydrogens is 234 g/mol. The fourth-order valence-corrected chi connectivity index (χ4v) is 1.75. The maximum atomic E-state index is 5.28. The van der Waals surface area contributed by atoms with Crippen molar-refractivity contribution < 1.29 is 4.74 Å². The van der Waals surface area contributed by atoms with E-state index in [0.717, 1.165) is 26.0 Å². The maximum absolute atomic E-state index is 5.28. The Morgan fingerprint density at radius 3 is 2.42 bits per heavy atom. The van der Waals surface area contributed by atoms with Crippen LogP contribution in [0, 0.1) is 0 Å². The predicted molar refractivity (Wildman–Crippen MR) is 85.1 cm³/mol. The normalized spacial score (nSPS) is 11.5. The maximum Gasteiger partial charge on any atom is 0.0870 e. The summed E-state index contributed by atoms with van der Waals surface area (Å²) in [5.41, 5.74) is 0. The van der Waals surface area contributed by atoms with Gasteiger partial charge < -0.3 is 10.1 Å². The Morgan fingerprint density at radius 1 is 0.842 bits per heavy atom. The van der Waals surface area contributed by atoms with E-state index in [9.17, 15) is 0 Å². The molecule has 0 radical (unpaired) electrons. The van der Waals surface area contributed by atoms with E-state index >= 15 is 0 Å². The van der Waals surface area contributed by atoms with Crippen molar-refractivity contribution in [3.8, 4) is 0 Å². The van der Waals surface area contributed by atoms with Crippen molar-refractivity contribution in [3.63, 3.8) is 0 Å². The van der Waals surface area contributed by atoms with Gasteiger partial charge in [-0.2, -0.15) is 0 Å². The van der Waals surface area contributed by atoms with Crippen molar-refractivity contribution in [2.45, 2.75) is 71.6 Å². The Bertz CT molecular complexity index is 211. The van der Waals surface area contributed by atoms with E-state index in [1.54, 1.807) is 0 Å². The third-order valence-electron chi connectivity index (χ3n) is 2.92. The van der Waals surface area contributed by atoms with Crippen molar-refractivity contribution in [1.29, 1.82) is 0 Å². The van der Waals surface area contributed by atoms with Gasteiger partial charge in [-0.1, -0.05) is 39.2 Å². The van der Waals surface area contributed by atoms with Gasteiger partial charge in [0.05, 0.1) is 12.9 Å². The fraction of sp³-hybridized carbons (Fsp3) is 0.765. The second-order valence-electron chi connectivity index (χ2n) is 4.94. The molecule has 0 aromatic rings. The van der Waals surface area contributed by atoms with Crippen LogP contribution >= 0.6 is 0 Å². The molecule has 0 saturated carbocycles. The van der Waals surface area contributed by atoms with E-state index in [4.69, 9.17) is 4.74 Å². The van der Waals surface area contributed by atoms with Crippen LogP contribution in [0.5, 0.6) is 0 Å². The molecule has 112 valence electrons. The summed E-state index contributed by atoms with van der Waals surface area (Å²) < 4.78 is 5.28. The average Bonchev–Trinajstić information content (AvgIpc) is 2.43. The highest BCUT2D eigenvalue weighted by molar-refractivity contribution is 4.79. The zero-order valence-corrected chi connectivity index (χ0v) is 13.0. The van der Waals surface area contributed by atoms with Crippen LogP contribution in [-0.4, -0.2) is 13.2 Å². The summed E-state index contributed by atoms with van der Waals surface area (Å²) in [4.78, 5) is 0. The minimum atomic E-state index is 0.834. The van der Waals surface area contributed by atoms with Gasteiger partial charge in [-0.3, -0.25) is 0 Å². The van der Waals surface area contributed by atoms with Crippen molar-refractivity contribution in [2.24, 2.45) is 0 Å². The van der Waals surface area contributed by atoms with Gasteiger partial charge in [-0.05, 0) is 50.8 Å². The molecule has 0 bridgehead atoms. The summed E-state index contributed by atoms with van der Waals surface area (Å²) in [6.07, 6.45) is 19.6. The highest BCUT2D eigenvalue weighted by Crippen LogP contribution is 2.02. The molecule has 2 heteroatoms. The lowest BCUT2D eigenvalue weighted by Gasteiger charge is -2.00. The van der Waals surface area contributed by atoms with Gasteiger partial charge >= 0.3 is 0 Å². The highest BCUT2D eigenvalue weighted by Gasteiger charge is 1.86. The largest absolute Gasteiger partial charge is 0.502 e. The van der Waals surface area contributed by atoms with Crippen molar-refractivity contribution in [1.82, 2.24) is 5.32 Å². The summed E-state index contributed by atoms with van der Waals surface area (Å²) in [6.45, 7) is 6.29. The zero-order chi connectivity index (χ0) is 14.0. The molecule has 0 amide bonds. The monoisotopic (exact) mass is 267 g/mol. The van der Waals surface area contributed by atoms with Gasteiger partial charge in [-0.15, -0.1) is 0 Å². The SMILES string of the molecule is CCCCCC/C=C\NCCCC/C=C\OCCC. The minimum absolute atomic E-state index is 0.834. The molecule has 0 aromatic heterocycles. The molecule has 0 rings (SSSR count). The molecule has 19 heavy (non-hydrogen) atoms. The molecule has 0 aliphatic rings. The Kier molecular flexibility index (Phi) is 16.3. The second-order valence-corrected chi connectivity index (χ2v) is 4.94. The Labute approximate surface area is 120 Å². The van der Waals surface area contributed by atoms with E-state index in [1.165, 1.54) is 44.9 Å². The van der Waals surface area contributed by atoms with Gasteiger partial charge in [-0.25, -0.2) is 0 Å². The first-order valence-electron chi connectivity index (χ1n) is 8.06. The lowest BCUT2D eigenvalue weighted by molar-refractivity contribution is 0.249. The minimum Gasteiger partial charge on any atom is -0.502 e. The summed E-state index contributed by atoms with van der Waals surface area (Å²) in [5, 5.41) is 3.35. The molecule has 0 heterocycles. The van der Waals surface area contributed by atoms with Crippen LogP contribution in [0.1, 0.15) is 71.6 Å². The smallest absolute Gasteiger partial charge is 0.0870 e. The number of unbranched alkanes of at least 4 members (excludes halogenated alkanes) is 6. The summed E-state index contributed by atoms with van der Waals surface area (Å²) in [7, 11) is 0. The lowest BCUT2D eigenvalue weighted by atomic mass is 10.1. The van der Waals surface area contributed by atoms with E-state index in [2.05, 4.69) is 37.5 Å². The molecule has 2 nitrogen and oxygen atoms in total. The average molecular weight is 267 g/mol. The van der Waals surface area contributed by atoms with Crippen LogP contribution in [0.3, 0.4) is 0 Å². The van der Waals surface area contributed by atoms with Crippen LogP contribution in [0.25, 0.3) is 0 Å². The van der Waals surface area contributed by atoms with Crippen molar-refractivity contribution in [3.05, 3.63) is 24.6 Å². The summed E-state index contributed by atoms with van der Waals surface area (Å²) >= 11 is 0. The van der Waals surface area contributed by atoms with E-state index < -0.39 is 0 Å². The lowest BCUT2D eigenvalue weighted by Crippen LogP contribution is -2.06. The van der Waals surface area contributed by atoms with Crippen molar-refractivity contribution >= 4 is 0 Å². The highest BCUT2D eigenvalue weighted by atomic mass is 16.5. The Hall–Kier alpha value is -0.920. The first kappa shape index (κ1) is 18.1. The van der Waals surface area contributed by atoms with E-state index in [0.29, 0.717) is 0 Å². The first-order chi connectivity index (χ1) is 9.41. The van der Waals surface area contributed by atoms with Crippen LogP contribution in [-0.2, 0) is 4.74 Å². The number of rotatable bonds is 14. The van der Waals surface area contributed by atoms with Crippen LogP contribution < -0.4 is 5.32 Å². The third-order valence-corrected chi connectivity index (χ3v) is 2.92. The number of hydrogen-bond donors (Lipinski definition) is 1. The van der Waals surface area contributed by atoms with Gasteiger partial charge in [0.25, 0.3) is 0 Å². The predicted octanol–water partition coefficient (Wildman–Crippen LogP) is 5.17. The van der Waals surface area contributed by atoms with Gasteiger partial charge in [0, 0.05) is 6.54 Å². The molecule has 0 fully saturated rings. The number of hydrogen-bond acceptors (Lipinski definition) is 2. The summed E-state index contributed by atoms with van der Waals surface area (Å²) in [5.74, 6) is 0. The second kappa shape index (κ2) is 17.1. The molecule has 1 N–H and O–H groups in total. The van der Waals surface area contributed by atoms with Crippen LogP contribution in [0.4, 0.5) is 0 Å². The van der Waals surface area contributed by atoms with E-state index in [1.807, 2.05) is 6.26 Å². The fourth-order valence-electron chi connectivity index (χ4n) is 1.75.